The van der Waals surface area contributed by atoms with E-state index in [-0.39, 0.29) is 0 Å². The van der Waals surface area contributed by atoms with Crippen LogP contribution in [0.3, 0.4) is 0 Å². The van der Waals surface area contributed by atoms with E-state index in [1.54, 1.807) is 0 Å². The fourth-order valence-electron chi connectivity index (χ4n) is 21.5. The molecule has 27 aromatic carbocycles. The van der Waals surface area contributed by atoms with Crippen LogP contribution in [0.15, 0.2) is 595 Å². The van der Waals surface area contributed by atoms with Gasteiger partial charge in [0.25, 0.3) is 0 Å². The summed E-state index contributed by atoms with van der Waals surface area (Å²) in [5, 5.41) is 25.1. The Kier molecular flexibility index (Phi) is 24.3. The lowest BCUT2D eigenvalue weighted by Gasteiger charge is -2.30. The van der Waals surface area contributed by atoms with E-state index in [1.165, 1.54) is 141 Å². The van der Waals surface area contributed by atoms with Crippen LogP contribution in [0.25, 0.3) is 130 Å². The highest BCUT2D eigenvalue weighted by atomic mass is 31.0. The zero-order valence-electron chi connectivity index (χ0n) is 82.8. The average molecular weight is 1900 g/mol. The predicted octanol–water partition coefficient (Wildman–Crippen LogP) is 40.2. The Labute approximate surface area is 862 Å². The Balaban J connectivity index is 0.000000127. The summed E-state index contributed by atoms with van der Waals surface area (Å²) in [4.78, 5) is 14.1. The Morgan fingerprint density at radius 1 is 0.136 bits per heavy atom. The van der Waals surface area contributed by atoms with Gasteiger partial charge in [-0.25, -0.2) is 0 Å². The summed E-state index contributed by atoms with van der Waals surface area (Å²) in [6, 6.07) is 214. The number of hydrogen-bond acceptors (Lipinski definition) is 6. The summed E-state index contributed by atoms with van der Waals surface area (Å²) in [6.07, 6.45) is 0. The van der Waals surface area contributed by atoms with Gasteiger partial charge < -0.3 is 29.4 Å². The predicted molar refractivity (Wildman–Crippen MR) is 636 cm³/mol. The van der Waals surface area contributed by atoms with Crippen molar-refractivity contribution in [1.29, 1.82) is 2.56 Å². The van der Waals surface area contributed by atoms with Crippen molar-refractivity contribution in [3.63, 3.8) is 0 Å². The molecule has 0 aliphatic rings. The van der Waals surface area contributed by atoms with Crippen LogP contribution < -0.4 is 29.4 Å². The largest absolute Gasteiger partial charge is 0.310 e. The molecule has 0 spiro atoms. The van der Waals surface area contributed by atoms with E-state index in [2.05, 4.69) is 624 Å². The van der Waals surface area contributed by atoms with Crippen LogP contribution in [0.2, 0.25) is 0 Å². The lowest BCUT2D eigenvalue weighted by Crippen LogP contribution is -2.14. The molecule has 0 radical (unpaired) electrons. The van der Waals surface area contributed by atoms with E-state index in [4.69, 9.17) is 2.56 Å². The molecule has 0 aliphatic carbocycles. The quantitative estimate of drug-likeness (QED) is 0.0427. The van der Waals surface area contributed by atoms with Gasteiger partial charge in [0, 0.05) is 102 Å². The van der Waals surface area contributed by atoms with E-state index in [0.29, 0.717) is 0 Å². The number of para-hydroxylation sites is 7. The van der Waals surface area contributed by atoms with Gasteiger partial charge in [-0.3, -0.25) is 0 Å². The Morgan fingerprint density at radius 2 is 0.306 bits per heavy atom. The molecule has 27 rings (SSSR count). The zero-order chi connectivity index (χ0) is 99.7. The third-order valence-corrected chi connectivity index (χ3v) is 28.3. The minimum Gasteiger partial charge on any atom is -0.310 e. The molecule has 1 unspecified atom stereocenters. The standard InChI is InChI=1S/C66H48N4.C40H28N2.C34H22.H3P/c1-4-22-55(23-5-1)68(64-31-28-49-16-10-13-19-52(49)46-64)61-40-34-58(35-41-61)67(59-36-42-62(43-37-59)69(56-24-6-2-7-25-56)65-32-29-50-17-11-14-20-53(50)47-65)60-38-44-63(45-39-60)70(57-26-8-3-9-27-57)66-33-30-51-18-12-15-21-54(51)48-66;1-5-13-31(14-6-1)41(32-15-7-2-8-16-32)37-27-23-29-22-26-36-38(28-24-30-21-25-35(37)39(29)40(30)36)42(33-17-9-3-10-18-33)34-19-11-4-12-20-34;1-3-11-25-21-27(19-17-23(25)9-1)33-29-13-5-7-15-31(29)34(32-16-8-6-14-30(32)33)28-20-18-24-10-2-4-12-26(24)22-28;/h1-48H;1-28H;1-22H;1H3/i;;;1TD. The molecule has 0 bridgehead atoms. The molecule has 0 amide bonds. The molecular weight excluding hydrogens is 1800 g/mol. The van der Waals surface area contributed by atoms with Gasteiger partial charge >= 0.3 is 0 Å². The topological polar surface area (TPSA) is 19.4 Å². The van der Waals surface area contributed by atoms with Gasteiger partial charge in [0.2, 0.25) is 0 Å². The van der Waals surface area contributed by atoms with E-state index in [1.807, 2.05) is 0 Å². The summed E-state index contributed by atoms with van der Waals surface area (Å²) in [6.45, 7) is 0. The van der Waals surface area contributed by atoms with Crippen molar-refractivity contribution in [3.05, 3.63) is 595 Å². The normalized spacial score (nSPS) is 11.4. The SMILES string of the molecule is [2H]P[3H].c1ccc(N(c2ccc(N(c3ccc(N(c4ccccc4)c4ccc5ccccc5c4)cc3)c3ccc(N(c4ccccc4)c4ccc5ccccc5c4)cc3)cc2)c2ccc3ccccc3c2)cc1.c1ccc(N(c2ccccc2)c2ccc3ccc4c(N(c5ccccc5)c5ccccc5)ccc5ccc2c3c54)cc1.c1ccc2cc(-c3c4ccccc4c(-c4ccc5ccccc5c4)c4ccccc34)ccc2c1. The summed E-state index contributed by atoms with van der Waals surface area (Å²) < 4.78 is 11.8. The maximum Gasteiger partial charge on any atom is 0.0540 e. The number of rotatable bonds is 20. The highest BCUT2D eigenvalue weighted by Crippen LogP contribution is 2.52. The second-order valence-electron chi connectivity index (χ2n) is 37.1. The van der Waals surface area contributed by atoms with Crippen LogP contribution in [0, 0.1) is 0 Å². The smallest absolute Gasteiger partial charge is 0.0540 e. The molecule has 7 heteroatoms. The average Bonchev–Trinajstić information content (AvgIpc) is 0.704. The Hall–Kier alpha value is -19.0. The second-order valence-corrected chi connectivity index (χ2v) is 37.1. The fourth-order valence-corrected chi connectivity index (χ4v) is 21.5. The van der Waals surface area contributed by atoms with Crippen LogP contribution in [0.5, 0.6) is 0 Å². The molecule has 0 fully saturated rings. The van der Waals surface area contributed by atoms with Gasteiger partial charge in [0.05, 0.1) is 13.9 Å². The molecular formula is C140H101N6P. The first-order valence-electron chi connectivity index (χ1n) is 51.0. The lowest BCUT2D eigenvalue weighted by atomic mass is 9.85. The van der Waals surface area contributed by atoms with Gasteiger partial charge in [0.15, 0.2) is 0 Å². The maximum absolute atomic E-state index is 5.90. The molecule has 0 heterocycles. The molecule has 1 atom stereocenters. The van der Waals surface area contributed by atoms with Crippen LogP contribution >= 0.6 is 9.79 Å². The third-order valence-electron chi connectivity index (χ3n) is 28.3. The third kappa shape index (κ3) is 17.9. The van der Waals surface area contributed by atoms with Crippen LogP contribution in [-0.4, -0.2) is 2.56 Å². The highest BCUT2D eigenvalue weighted by molar-refractivity contribution is 6.92. The number of anilines is 18. The number of fused-ring (bicyclic) bond motifs is 7. The first-order chi connectivity index (χ1) is 73.8. The Bertz CT molecular complexity index is 8590. The fraction of sp³-hybridized carbons (Fsp3) is 0. The van der Waals surface area contributed by atoms with Gasteiger partial charge in [-0.05, 0) is 338 Å². The summed E-state index contributed by atoms with van der Waals surface area (Å²) in [5.74, 6) is 0. The Morgan fingerprint density at radius 3 is 0.551 bits per heavy atom. The van der Waals surface area contributed by atoms with Crippen molar-refractivity contribution >= 4 is 220 Å². The first-order valence-corrected chi connectivity index (χ1v) is 50.0. The number of benzene rings is 27. The lowest BCUT2D eigenvalue weighted by molar-refractivity contribution is 1.24. The van der Waals surface area contributed by atoms with Crippen LogP contribution in [0.1, 0.15) is 0 Å². The molecule has 0 saturated heterocycles. The molecule has 0 aromatic heterocycles. The maximum atomic E-state index is 5.90. The molecule has 0 saturated carbocycles. The molecule has 0 N–H and O–H groups in total. The van der Waals surface area contributed by atoms with Gasteiger partial charge in [-0.15, -0.1) is 0 Å². The minimum absolute atomic E-state index is 0.417. The van der Waals surface area contributed by atoms with Gasteiger partial charge in [-0.2, -0.15) is 9.79 Å². The molecule has 0 aliphatic heterocycles. The van der Waals surface area contributed by atoms with Crippen LogP contribution in [-0.2, 0) is 0 Å². The second kappa shape index (κ2) is 40.6. The summed E-state index contributed by atoms with van der Waals surface area (Å²) in [5.41, 5.74) is 24.9. The van der Waals surface area contributed by atoms with Gasteiger partial charge in [-0.1, -0.05) is 376 Å². The number of nitrogens with zero attached hydrogens (tertiary/aromatic N) is 6. The van der Waals surface area contributed by atoms with E-state index >= 15 is 0 Å². The monoisotopic (exact) mass is 1900 g/mol. The van der Waals surface area contributed by atoms with Crippen molar-refractivity contribution in [2.24, 2.45) is 0 Å². The molecule has 6 nitrogen and oxygen atoms in total. The van der Waals surface area contributed by atoms with E-state index in [0.717, 1.165) is 91.0 Å². The van der Waals surface area contributed by atoms with Gasteiger partial charge in [0.1, 0.15) is 0 Å². The first kappa shape index (κ1) is 88.2. The molecule has 696 valence electrons. The van der Waals surface area contributed by atoms with Crippen molar-refractivity contribution in [1.82, 2.24) is 0 Å². The number of hydrogen-bond donors (Lipinski definition) is 0. The van der Waals surface area contributed by atoms with E-state index < -0.39 is 9.79 Å². The summed E-state index contributed by atoms with van der Waals surface area (Å²) >= 11 is 0. The molecule has 27 aromatic rings. The van der Waals surface area contributed by atoms with Crippen LogP contribution in [0.4, 0.5) is 102 Å². The van der Waals surface area contributed by atoms with E-state index in [9.17, 15) is 0 Å². The highest BCUT2D eigenvalue weighted by Gasteiger charge is 2.26. The van der Waals surface area contributed by atoms with Crippen molar-refractivity contribution in [2.45, 2.75) is 0 Å². The van der Waals surface area contributed by atoms with Crippen molar-refractivity contribution < 1.29 is 0 Å². The minimum atomic E-state index is -0.417. The molecule has 147 heavy (non-hydrogen) atoms. The van der Waals surface area contributed by atoms with Crippen molar-refractivity contribution in [3.8, 4) is 22.3 Å². The summed E-state index contributed by atoms with van der Waals surface area (Å²) in [7, 11) is -0.417. The van der Waals surface area contributed by atoms with Crippen molar-refractivity contribution in [2.75, 3.05) is 29.4 Å². The zero-order valence-corrected chi connectivity index (χ0v) is 81.8.